The second kappa shape index (κ2) is 7.80. The van der Waals surface area contributed by atoms with Crippen LogP contribution in [0.25, 0.3) is 0 Å². The van der Waals surface area contributed by atoms with Crippen LogP contribution < -0.4 is 5.32 Å². The van der Waals surface area contributed by atoms with Gasteiger partial charge in [-0.05, 0) is 43.8 Å². The van der Waals surface area contributed by atoms with Gasteiger partial charge in [-0.2, -0.15) is 0 Å². The largest absolute Gasteiger partial charge is 0.315 e. The van der Waals surface area contributed by atoms with Gasteiger partial charge in [-0.3, -0.25) is 4.90 Å². The van der Waals surface area contributed by atoms with Crippen molar-refractivity contribution in [3.8, 4) is 0 Å². The van der Waals surface area contributed by atoms with E-state index in [0.717, 1.165) is 12.5 Å². The lowest BCUT2D eigenvalue weighted by atomic mass is 9.94. The minimum atomic E-state index is 0.570. The molecule has 1 N–H and O–H groups in total. The van der Waals surface area contributed by atoms with Crippen LogP contribution >= 0.6 is 0 Å². The molecule has 0 aromatic heterocycles. The molecule has 2 atom stereocenters. The molecule has 1 aliphatic heterocycles. The molecule has 1 aromatic rings. The molecule has 20 heavy (non-hydrogen) atoms. The van der Waals surface area contributed by atoms with E-state index in [0.29, 0.717) is 12.1 Å². The standard InChI is InChI=1S/C18H30N2/c1-4-12-20(17-10-11-19-14-17)18(13-15(2)3)16-8-6-5-7-9-16/h5-9,15,17-19H,4,10-14H2,1-3H3. The van der Waals surface area contributed by atoms with Gasteiger partial charge in [0.25, 0.3) is 0 Å². The van der Waals surface area contributed by atoms with Crippen LogP contribution in [0.2, 0.25) is 0 Å². The fourth-order valence-corrected chi connectivity index (χ4v) is 3.36. The third-order valence-electron chi connectivity index (χ3n) is 4.26. The summed E-state index contributed by atoms with van der Waals surface area (Å²) in [5, 5.41) is 3.53. The zero-order valence-corrected chi connectivity index (χ0v) is 13.3. The summed E-state index contributed by atoms with van der Waals surface area (Å²) in [6.45, 7) is 10.5. The lowest BCUT2D eigenvalue weighted by Gasteiger charge is -2.37. The van der Waals surface area contributed by atoms with Crippen molar-refractivity contribution < 1.29 is 0 Å². The predicted molar refractivity (Wildman–Crippen MR) is 86.9 cm³/mol. The summed E-state index contributed by atoms with van der Waals surface area (Å²) in [7, 11) is 0. The minimum Gasteiger partial charge on any atom is -0.315 e. The molecule has 0 bridgehead atoms. The first kappa shape index (κ1) is 15.5. The van der Waals surface area contributed by atoms with E-state index in [9.17, 15) is 0 Å². The molecule has 1 aromatic carbocycles. The van der Waals surface area contributed by atoms with Gasteiger partial charge >= 0.3 is 0 Å². The lowest BCUT2D eigenvalue weighted by Crippen LogP contribution is -2.40. The van der Waals surface area contributed by atoms with Crippen molar-refractivity contribution >= 4 is 0 Å². The number of rotatable bonds is 7. The summed E-state index contributed by atoms with van der Waals surface area (Å²) in [6.07, 6.45) is 3.78. The van der Waals surface area contributed by atoms with E-state index in [2.05, 4.69) is 61.3 Å². The van der Waals surface area contributed by atoms with Crippen LogP contribution in [0, 0.1) is 5.92 Å². The first-order valence-electron chi connectivity index (χ1n) is 8.23. The highest BCUT2D eigenvalue weighted by Crippen LogP contribution is 2.31. The Morgan fingerprint density at radius 1 is 1.25 bits per heavy atom. The second-order valence-electron chi connectivity index (χ2n) is 6.44. The van der Waals surface area contributed by atoms with Gasteiger partial charge in [-0.15, -0.1) is 0 Å². The van der Waals surface area contributed by atoms with Crippen LogP contribution in [0.3, 0.4) is 0 Å². The summed E-state index contributed by atoms with van der Waals surface area (Å²) in [5.74, 6) is 0.730. The summed E-state index contributed by atoms with van der Waals surface area (Å²) < 4.78 is 0. The molecule has 2 rings (SSSR count). The number of nitrogens with zero attached hydrogens (tertiary/aromatic N) is 1. The fraction of sp³-hybridized carbons (Fsp3) is 0.667. The van der Waals surface area contributed by atoms with Gasteiger partial charge in [0.2, 0.25) is 0 Å². The van der Waals surface area contributed by atoms with E-state index in [1.54, 1.807) is 0 Å². The maximum absolute atomic E-state index is 3.53. The van der Waals surface area contributed by atoms with E-state index in [-0.39, 0.29) is 0 Å². The molecular formula is C18H30N2. The summed E-state index contributed by atoms with van der Waals surface area (Å²) in [4.78, 5) is 2.76. The molecule has 0 amide bonds. The molecule has 0 spiro atoms. The molecule has 1 saturated heterocycles. The van der Waals surface area contributed by atoms with Gasteiger partial charge in [0.1, 0.15) is 0 Å². The van der Waals surface area contributed by atoms with Crippen molar-refractivity contribution in [2.75, 3.05) is 19.6 Å². The normalized spacial score (nSPS) is 20.8. The average molecular weight is 274 g/mol. The quantitative estimate of drug-likeness (QED) is 0.812. The van der Waals surface area contributed by atoms with Gasteiger partial charge in [-0.25, -0.2) is 0 Å². The highest BCUT2D eigenvalue weighted by Gasteiger charge is 2.29. The van der Waals surface area contributed by atoms with Crippen LogP contribution in [0.5, 0.6) is 0 Å². The number of hydrogen-bond donors (Lipinski definition) is 1. The lowest BCUT2D eigenvalue weighted by molar-refractivity contribution is 0.125. The third kappa shape index (κ3) is 4.07. The predicted octanol–water partition coefficient (Wildman–Crippen LogP) is 3.85. The molecule has 112 valence electrons. The zero-order valence-electron chi connectivity index (χ0n) is 13.3. The Kier molecular flexibility index (Phi) is 6.06. The fourth-order valence-electron chi connectivity index (χ4n) is 3.36. The molecule has 2 nitrogen and oxygen atoms in total. The highest BCUT2D eigenvalue weighted by atomic mass is 15.2. The maximum atomic E-state index is 3.53. The van der Waals surface area contributed by atoms with Gasteiger partial charge in [-0.1, -0.05) is 51.1 Å². The van der Waals surface area contributed by atoms with Crippen molar-refractivity contribution in [1.29, 1.82) is 0 Å². The van der Waals surface area contributed by atoms with E-state index < -0.39 is 0 Å². The Hall–Kier alpha value is -0.860. The van der Waals surface area contributed by atoms with Crippen LogP contribution in [-0.2, 0) is 0 Å². The Labute approximate surface area is 124 Å². The maximum Gasteiger partial charge on any atom is 0.0354 e. The zero-order chi connectivity index (χ0) is 14.4. The van der Waals surface area contributed by atoms with Gasteiger partial charge < -0.3 is 5.32 Å². The number of hydrogen-bond acceptors (Lipinski definition) is 2. The molecule has 1 fully saturated rings. The van der Waals surface area contributed by atoms with Gasteiger partial charge in [0.15, 0.2) is 0 Å². The van der Waals surface area contributed by atoms with Crippen LogP contribution in [0.15, 0.2) is 30.3 Å². The smallest absolute Gasteiger partial charge is 0.0354 e. The molecule has 0 aliphatic carbocycles. The highest BCUT2D eigenvalue weighted by molar-refractivity contribution is 5.19. The molecule has 1 aliphatic rings. The second-order valence-corrected chi connectivity index (χ2v) is 6.44. The average Bonchev–Trinajstić information content (AvgIpc) is 2.97. The Balaban J connectivity index is 2.21. The Morgan fingerprint density at radius 3 is 2.55 bits per heavy atom. The first-order chi connectivity index (χ1) is 9.72. The van der Waals surface area contributed by atoms with Crippen LogP contribution in [0.1, 0.15) is 51.6 Å². The molecule has 2 unspecified atom stereocenters. The van der Waals surface area contributed by atoms with Crippen molar-refractivity contribution in [3.63, 3.8) is 0 Å². The van der Waals surface area contributed by atoms with Gasteiger partial charge in [0.05, 0.1) is 0 Å². The number of benzene rings is 1. The summed E-state index contributed by atoms with van der Waals surface area (Å²) in [6, 6.07) is 12.4. The van der Waals surface area contributed by atoms with Gasteiger partial charge in [0, 0.05) is 18.6 Å². The van der Waals surface area contributed by atoms with Crippen molar-refractivity contribution in [1.82, 2.24) is 10.2 Å². The van der Waals surface area contributed by atoms with Crippen LogP contribution in [-0.4, -0.2) is 30.6 Å². The molecule has 1 heterocycles. The monoisotopic (exact) mass is 274 g/mol. The summed E-state index contributed by atoms with van der Waals surface area (Å²) >= 11 is 0. The first-order valence-corrected chi connectivity index (χ1v) is 8.23. The SMILES string of the molecule is CCCN(C1CCNC1)C(CC(C)C)c1ccccc1. The van der Waals surface area contributed by atoms with E-state index >= 15 is 0 Å². The molecule has 2 heteroatoms. The van der Waals surface area contributed by atoms with Crippen LogP contribution in [0.4, 0.5) is 0 Å². The third-order valence-corrected chi connectivity index (χ3v) is 4.26. The number of nitrogens with one attached hydrogen (secondary N) is 1. The van der Waals surface area contributed by atoms with E-state index in [1.165, 1.54) is 37.9 Å². The summed E-state index contributed by atoms with van der Waals surface area (Å²) in [5.41, 5.74) is 1.49. The topological polar surface area (TPSA) is 15.3 Å². The molecule has 0 radical (unpaired) electrons. The Bertz CT molecular complexity index is 368. The molecular weight excluding hydrogens is 244 g/mol. The minimum absolute atomic E-state index is 0.570. The molecule has 0 saturated carbocycles. The Morgan fingerprint density at radius 2 is 2.00 bits per heavy atom. The van der Waals surface area contributed by atoms with Crippen molar-refractivity contribution in [2.24, 2.45) is 5.92 Å². The van der Waals surface area contributed by atoms with Crippen molar-refractivity contribution in [3.05, 3.63) is 35.9 Å². The van der Waals surface area contributed by atoms with Crippen molar-refractivity contribution in [2.45, 2.75) is 52.1 Å². The van der Waals surface area contributed by atoms with E-state index in [4.69, 9.17) is 0 Å². The van der Waals surface area contributed by atoms with E-state index in [1.807, 2.05) is 0 Å².